The number of anilines is 1. The number of hydrogen-bond acceptors (Lipinski definition) is 7. The molecule has 1 aromatic carbocycles. The largest absolute Gasteiger partial charge is 0.443 e. The summed E-state index contributed by atoms with van der Waals surface area (Å²) in [7, 11) is 3.62. The number of likely N-dealkylation sites (tertiary alicyclic amines) is 1. The van der Waals surface area contributed by atoms with E-state index < -0.39 is 29.6 Å². The smallest absolute Gasteiger partial charge is 0.424 e. The van der Waals surface area contributed by atoms with Gasteiger partial charge in [-0.2, -0.15) is 4.90 Å². The van der Waals surface area contributed by atoms with Crippen molar-refractivity contribution >= 4 is 34.6 Å². The minimum Gasteiger partial charge on any atom is -0.443 e. The molecular formula is C23H31N5O5. The van der Waals surface area contributed by atoms with Gasteiger partial charge >= 0.3 is 11.8 Å². The van der Waals surface area contributed by atoms with Crippen LogP contribution in [0.2, 0.25) is 0 Å². The lowest BCUT2D eigenvalue weighted by atomic mass is 10.0. The molecule has 0 radical (unpaired) electrons. The van der Waals surface area contributed by atoms with Crippen molar-refractivity contribution in [1.29, 1.82) is 0 Å². The Morgan fingerprint density at radius 2 is 1.88 bits per heavy atom. The van der Waals surface area contributed by atoms with Crippen molar-refractivity contribution in [3.05, 3.63) is 28.7 Å². The number of ether oxygens (including phenoxy) is 1. The van der Waals surface area contributed by atoms with Gasteiger partial charge in [0.2, 0.25) is 5.91 Å². The first-order valence-corrected chi connectivity index (χ1v) is 11.3. The number of benzene rings is 1. The van der Waals surface area contributed by atoms with Gasteiger partial charge in [-0.05, 0) is 52.8 Å². The summed E-state index contributed by atoms with van der Waals surface area (Å²) in [6.45, 7) is 6.66. The molecule has 0 aliphatic carbocycles. The van der Waals surface area contributed by atoms with Crippen molar-refractivity contribution < 1.29 is 19.1 Å². The number of carbonyl (C=O) groups excluding carboxylic acids is 3. The van der Waals surface area contributed by atoms with E-state index in [-0.39, 0.29) is 18.5 Å². The van der Waals surface area contributed by atoms with Crippen molar-refractivity contribution in [2.45, 2.75) is 57.7 Å². The minimum absolute atomic E-state index is 0.0336. The number of aromatic nitrogens is 2. The molecule has 2 aromatic rings. The third kappa shape index (κ3) is 4.03. The molecule has 2 aliphatic heterocycles. The van der Waals surface area contributed by atoms with Crippen LogP contribution in [0.1, 0.15) is 46.1 Å². The van der Waals surface area contributed by atoms with Crippen LogP contribution in [0.4, 0.5) is 10.5 Å². The second-order valence-electron chi connectivity index (χ2n) is 9.68. The first-order chi connectivity index (χ1) is 15.5. The van der Waals surface area contributed by atoms with Gasteiger partial charge in [0.1, 0.15) is 11.6 Å². The van der Waals surface area contributed by atoms with Crippen LogP contribution in [-0.4, -0.2) is 63.7 Å². The van der Waals surface area contributed by atoms with Gasteiger partial charge in [-0.25, -0.2) is 9.59 Å². The molecule has 2 unspecified atom stereocenters. The molecule has 2 saturated heterocycles. The molecule has 1 aromatic heterocycles. The standard InChI is InChI=1S/C23H31N5O5/c1-23(2,3)33-22(32)28-18(29)10-9-17(20(28)30)27-16-8-6-7-15(19(16)25(5)21(27)31)26-12-11-14(13-26)24-4/h6-8,14,17,24H,9-13H2,1-5H3. The Balaban J connectivity index is 1.76. The Kier molecular flexibility index (Phi) is 5.81. The van der Waals surface area contributed by atoms with E-state index in [1.54, 1.807) is 38.5 Å². The number of fused-ring (bicyclic) bond motifs is 1. The molecule has 10 heteroatoms. The summed E-state index contributed by atoms with van der Waals surface area (Å²) >= 11 is 0. The van der Waals surface area contributed by atoms with Gasteiger partial charge in [0.05, 0.1) is 16.7 Å². The van der Waals surface area contributed by atoms with E-state index in [0.717, 1.165) is 30.7 Å². The van der Waals surface area contributed by atoms with Gasteiger partial charge in [-0.3, -0.25) is 18.7 Å². The number of piperidine rings is 1. The number of likely N-dealkylation sites (N-methyl/N-ethyl adjacent to an activating group) is 1. The Morgan fingerprint density at radius 1 is 1.15 bits per heavy atom. The Morgan fingerprint density at radius 3 is 2.52 bits per heavy atom. The fourth-order valence-corrected chi connectivity index (χ4v) is 4.70. The summed E-state index contributed by atoms with van der Waals surface area (Å²) in [5, 5.41) is 3.29. The van der Waals surface area contributed by atoms with Crippen LogP contribution in [0.5, 0.6) is 0 Å². The lowest BCUT2D eigenvalue weighted by molar-refractivity contribution is -0.149. The minimum atomic E-state index is -1.01. The van der Waals surface area contributed by atoms with Gasteiger partial charge in [0.25, 0.3) is 5.91 Å². The second kappa shape index (κ2) is 8.33. The maximum Gasteiger partial charge on any atom is 0.424 e. The summed E-state index contributed by atoms with van der Waals surface area (Å²) in [6.07, 6.45) is 0.0986. The summed E-state index contributed by atoms with van der Waals surface area (Å²) in [6, 6.07) is 5.04. The van der Waals surface area contributed by atoms with Crippen LogP contribution in [0.15, 0.2) is 23.0 Å². The van der Waals surface area contributed by atoms with Gasteiger partial charge in [0, 0.05) is 32.6 Å². The normalized spacial score (nSPS) is 21.8. The highest BCUT2D eigenvalue weighted by molar-refractivity contribution is 6.11. The maximum atomic E-state index is 13.3. The number of rotatable bonds is 3. The SMILES string of the molecule is CNC1CCN(c2cccc3c2n(C)c(=O)n3C2CCC(=O)N(C(=O)OC(C)(C)C)C2=O)C1. The van der Waals surface area contributed by atoms with Crippen molar-refractivity contribution in [1.82, 2.24) is 19.4 Å². The van der Waals surface area contributed by atoms with Gasteiger partial charge in [0.15, 0.2) is 0 Å². The molecule has 0 spiro atoms. The molecule has 0 saturated carbocycles. The number of carbonyl (C=O) groups is 3. The van der Waals surface area contributed by atoms with Crippen LogP contribution in [0.3, 0.4) is 0 Å². The van der Waals surface area contributed by atoms with Crippen molar-refractivity contribution in [3.63, 3.8) is 0 Å². The quantitative estimate of drug-likeness (QED) is 0.700. The molecule has 3 amide bonds. The van der Waals surface area contributed by atoms with Crippen LogP contribution < -0.4 is 15.9 Å². The summed E-state index contributed by atoms with van der Waals surface area (Å²) in [5.41, 5.74) is 1.03. The van der Waals surface area contributed by atoms with Gasteiger partial charge < -0.3 is 15.0 Å². The van der Waals surface area contributed by atoms with E-state index in [2.05, 4.69) is 10.2 Å². The molecule has 2 aliphatic rings. The zero-order valence-electron chi connectivity index (χ0n) is 19.8. The molecular weight excluding hydrogens is 426 g/mol. The van der Waals surface area contributed by atoms with Gasteiger partial charge in [-0.1, -0.05) is 6.07 Å². The molecule has 33 heavy (non-hydrogen) atoms. The molecule has 2 fully saturated rings. The predicted octanol–water partition coefficient (Wildman–Crippen LogP) is 1.76. The average Bonchev–Trinajstić information content (AvgIpc) is 3.31. The summed E-state index contributed by atoms with van der Waals surface area (Å²) in [5.74, 6) is -1.36. The van der Waals surface area contributed by atoms with Crippen LogP contribution in [0, 0.1) is 0 Å². The van der Waals surface area contributed by atoms with E-state index in [4.69, 9.17) is 4.74 Å². The fourth-order valence-electron chi connectivity index (χ4n) is 4.70. The number of nitrogens with one attached hydrogen (secondary N) is 1. The summed E-state index contributed by atoms with van der Waals surface area (Å²) < 4.78 is 8.23. The number of amides is 3. The zero-order valence-corrected chi connectivity index (χ0v) is 19.8. The zero-order chi connectivity index (χ0) is 24.1. The molecule has 4 rings (SSSR count). The van der Waals surface area contributed by atoms with E-state index >= 15 is 0 Å². The third-order valence-corrected chi connectivity index (χ3v) is 6.29. The summed E-state index contributed by atoms with van der Waals surface area (Å²) in [4.78, 5) is 54.5. The highest BCUT2D eigenvalue weighted by atomic mass is 16.6. The predicted molar refractivity (Wildman–Crippen MR) is 123 cm³/mol. The molecule has 2 atom stereocenters. The van der Waals surface area contributed by atoms with Crippen LogP contribution in [-0.2, 0) is 21.4 Å². The number of imide groups is 3. The lowest BCUT2D eigenvalue weighted by Crippen LogP contribution is -2.51. The van der Waals surface area contributed by atoms with E-state index in [9.17, 15) is 19.2 Å². The van der Waals surface area contributed by atoms with E-state index in [0.29, 0.717) is 16.5 Å². The molecule has 10 nitrogen and oxygen atoms in total. The average molecular weight is 458 g/mol. The fraction of sp³-hybridized carbons (Fsp3) is 0.565. The lowest BCUT2D eigenvalue weighted by Gasteiger charge is -2.31. The third-order valence-electron chi connectivity index (χ3n) is 6.29. The maximum absolute atomic E-state index is 13.3. The van der Waals surface area contributed by atoms with E-state index in [1.807, 2.05) is 19.2 Å². The Bertz CT molecular complexity index is 1170. The highest BCUT2D eigenvalue weighted by Crippen LogP contribution is 2.33. The highest BCUT2D eigenvalue weighted by Gasteiger charge is 2.43. The van der Waals surface area contributed by atoms with Crippen LogP contribution in [0.25, 0.3) is 11.0 Å². The number of hydrogen-bond donors (Lipinski definition) is 1. The van der Waals surface area contributed by atoms with Crippen molar-refractivity contribution in [2.24, 2.45) is 7.05 Å². The molecule has 3 heterocycles. The topological polar surface area (TPSA) is 106 Å². The Labute approximate surface area is 192 Å². The first kappa shape index (κ1) is 23.0. The number of nitrogens with zero attached hydrogens (tertiary/aromatic N) is 4. The first-order valence-electron chi connectivity index (χ1n) is 11.3. The number of aryl methyl sites for hydroxylation is 1. The van der Waals surface area contributed by atoms with Crippen LogP contribution >= 0.6 is 0 Å². The van der Waals surface area contributed by atoms with Crippen molar-refractivity contribution in [2.75, 3.05) is 25.0 Å². The molecule has 178 valence electrons. The van der Waals surface area contributed by atoms with E-state index in [1.165, 1.54) is 4.57 Å². The van der Waals surface area contributed by atoms with Gasteiger partial charge in [-0.15, -0.1) is 0 Å². The molecule has 1 N–H and O–H groups in total. The number of para-hydroxylation sites is 1. The monoisotopic (exact) mass is 457 g/mol. The van der Waals surface area contributed by atoms with Crippen molar-refractivity contribution in [3.8, 4) is 0 Å². The Hall–Kier alpha value is -3.14. The number of imidazole rings is 1. The second-order valence-corrected chi connectivity index (χ2v) is 9.68. The molecule has 0 bridgehead atoms.